The molecule has 0 aromatic heterocycles. The Kier molecular flexibility index (Phi) is 4.58. The SMILES string of the molecule is O=C([O-])c1ccc(OC(F)(F)F)c(OC(=O)C2CCCC2)c1. The van der Waals surface area contributed by atoms with Crippen LogP contribution in [0.1, 0.15) is 36.0 Å². The molecule has 0 spiro atoms. The van der Waals surface area contributed by atoms with Gasteiger partial charge in [-0.25, -0.2) is 0 Å². The van der Waals surface area contributed by atoms with Gasteiger partial charge in [-0.05, 0) is 31.0 Å². The Morgan fingerprint density at radius 1 is 1.14 bits per heavy atom. The molecular formula is C14H12F3O5-. The van der Waals surface area contributed by atoms with Crippen molar-refractivity contribution < 1.29 is 37.3 Å². The van der Waals surface area contributed by atoms with Crippen LogP contribution >= 0.6 is 0 Å². The monoisotopic (exact) mass is 317 g/mol. The third kappa shape index (κ3) is 4.12. The fraction of sp³-hybridized carbons (Fsp3) is 0.429. The highest BCUT2D eigenvalue weighted by molar-refractivity contribution is 5.87. The van der Waals surface area contributed by atoms with Gasteiger partial charge in [0.25, 0.3) is 0 Å². The van der Waals surface area contributed by atoms with E-state index in [0.717, 1.165) is 31.0 Å². The van der Waals surface area contributed by atoms with Crippen molar-refractivity contribution in [2.45, 2.75) is 32.0 Å². The maximum atomic E-state index is 12.3. The van der Waals surface area contributed by atoms with E-state index in [2.05, 4.69) is 4.74 Å². The molecular weight excluding hydrogens is 305 g/mol. The summed E-state index contributed by atoms with van der Waals surface area (Å²) >= 11 is 0. The van der Waals surface area contributed by atoms with Crippen molar-refractivity contribution in [1.82, 2.24) is 0 Å². The zero-order valence-corrected chi connectivity index (χ0v) is 11.3. The van der Waals surface area contributed by atoms with Crippen LogP contribution < -0.4 is 14.6 Å². The van der Waals surface area contributed by atoms with Gasteiger partial charge in [-0.1, -0.05) is 12.8 Å². The molecule has 0 heterocycles. The molecule has 0 N–H and O–H groups in total. The molecule has 0 radical (unpaired) electrons. The summed E-state index contributed by atoms with van der Waals surface area (Å²) in [6.07, 6.45) is -2.13. The first-order valence-electron chi connectivity index (χ1n) is 6.59. The van der Waals surface area contributed by atoms with Crippen molar-refractivity contribution >= 4 is 11.9 Å². The molecule has 22 heavy (non-hydrogen) atoms. The summed E-state index contributed by atoms with van der Waals surface area (Å²) < 4.78 is 45.6. The lowest BCUT2D eigenvalue weighted by molar-refractivity contribution is -0.275. The Hall–Kier alpha value is -2.25. The zero-order valence-electron chi connectivity index (χ0n) is 11.3. The van der Waals surface area contributed by atoms with Crippen LogP contribution in [0.15, 0.2) is 18.2 Å². The highest BCUT2D eigenvalue weighted by Crippen LogP contribution is 2.35. The number of hydrogen-bond acceptors (Lipinski definition) is 5. The molecule has 0 atom stereocenters. The Bertz CT molecular complexity index is 576. The van der Waals surface area contributed by atoms with E-state index in [0.29, 0.717) is 12.8 Å². The van der Waals surface area contributed by atoms with Crippen molar-refractivity contribution in [2.75, 3.05) is 0 Å². The van der Waals surface area contributed by atoms with Crippen molar-refractivity contribution in [3.8, 4) is 11.5 Å². The van der Waals surface area contributed by atoms with Crippen LogP contribution in [0.2, 0.25) is 0 Å². The maximum Gasteiger partial charge on any atom is 0.573 e. The zero-order chi connectivity index (χ0) is 16.3. The summed E-state index contributed by atoms with van der Waals surface area (Å²) in [6, 6.07) is 2.43. The molecule has 8 heteroatoms. The van der Waals surface area contributed by atoms with Crippen LogP contribution in [0.5, 0.6) is 11.5 Å². The normalized spacial score (nSPS) is 15.6. The number of carboxylic acids is 1. The number of carbonyl (C=O) groups excluding carboxylic acids is 2. The first kappa shape index (κ1) is 16.1. The van der Waals surface area contributed by atoms with Gasteiger partial charge in [0.2, 0.25) is 0 Å². The highest BCUT2D eigenvalue weighted by Gasteiger charge is 2.33. The number of alkyl halides is 3. The van der Waals surface area contributed by atoms with Crippen LogP contribution in [0.4, 0.5) is 13.2 Å². The minimum atomic E-state index is -4.99. The van der Waals surface area contributed by atoms with E-state index in [1.54, 1.807) is 0 Å². The molecule has 1 aliphatic rings. The molecule has 0 aliphatic heterocycles. The second-order valence-corrected chi connectivity index (χ2v) is 4.90. The molecule has 5 nitrogen and oxygen atoms in total. The lowest BCUT2D eigenvalue weighted by Crippen LogP contribution is -2.24. The topological polar surface area (TPSA) is 75.7 Å². The van der Waals surface area contributed by atoms with E-state index in [-0.39, 0.29) is 0 Å². The Morgan fingerprint density at radius 3 is 2.32 bits per heavy atom. The minimum Gasteiger partial charge on any atom is -0.545 e. The fourth-order valence-corrected chi connectivity index (χ4v) is 2.28. The van der Waals surface area contributed by atoms with Crippen molar-refractivity contribution in [3.05, 3.63) is 23.8 Å². The number of benzene rings is 1. The molecule has 120 valence electrons. The Morgan fingerprint density at radius 2 is 1.77 bits per heavy atom. The Balaban J connectivity index is 2.26. The summed E-state index contributed by atoms with van der Waals surface area (Å²) in [5.41, 5.74) is -0.413. The van der Waals surface area contributed by atoms with Crippen molar-refractivity contribution in [1.29, 1.82) is 0 Å². The van der Waals surface area contributed by atoms with Crippen molar-refractivity contribution in [2.24, 2.45) is 5.92 Å². The lowest BCUT2D eigenvalue weighted by atomic mass is 10.1. The number of hydrogen-bond donors (Lipinski definition) is 0. The van der Waals surface area contributed by atoms with Gasteiger partial charge in [-0.2, -0.15) is 0 Å². The fourth-order valence-electron chi connectivity index (χ4n) is 2.28. The summed E-state index contributed by atoms with van der Waals surface area (Å²) in [5.74, 6) is -4.05. The van der Waals surface area contributed by atoms with Gasteiger partial charge >= 0.3 is 12.3 Å². The molecule has 1 aromatic rings. The average molecular weight is 317 g/mol. The molecule has 1 aliphatic carbocycles. The third-order valence-electron chi connectivity index (χ3n) is 3.30. The van der Waals surface area contributed by atoms with Gasteiger partial charge in [-0.15, -0.1) is 13.2 Å². The van der Waals surface area contributed by atoms with Crippen LogP contribution in [0, 0.1) is 5.92 Å². The molecule has 0 saturated heterocycles. The number of halogens is 3. The van der Waals surface area contributed by atoms with Gasteiger partial charge in [-0.3, -0.25) is 4.79 Å². The van der Waals surface area contributed by atoms with Crippen LogP contribution in [0.25, 0.3) is 0 Å². The first-order chi connectivity index (χ1) is 10.3. The predicted molar refractivity (Wildman–Crippen MR) is 65.0 cm³/mol. The average Bonchev–Trinajstić information content (AvgIpc) is 2.92. The first-order valence-corrected chi connectivity index (χ1v) is 6.59. The van der Waals surface area contributed by atoms with Crippen LogP contribution in [-0.4, -0.2) is 18.3 Å². The minimum absolute atomic E-state index is 0.398. The van der Waals surface area contributed by atoms with Gasteiger partial charge in [0.05, 0.1) is 11.9 Å². The highest BCUT2D eigenvalue weighted by atomic mass is 19.4. The molecule has 2 rings (SSSR count). The van der Waals surface area contributed by atoms with E-state index >= 15 is 0 Å². The van der Waals surface area contributed by atoms with Gasteiger partial charge in [0, 0.05) is 5.56 Å². The predicted octanol–water partition coefficient (Wildman–Crippen LogP) is 2.04. The van der Waals surface area contributed by atoms with E-state index in [4.69, 9.17) is 4.74 Å². The van der Waals surface area contributed by atoms with E-state index in [1.165, 1.54) is 0 Å². The molecule has 0 bridgehead atoms. The van der Waals surface area contributed by atoms with E-state index in [1.807, 2.05) is 0 Å². The summed E-state index contributed by atoms with van der Waals surface area (Å²) in [7, 11) is 0. The molecule has 1 saturated carbocycles. The van der Waals surface area contributed by atoms with Gasteiger partial charge < -0.3 is 19.4 Å². The maximum absolute atomic E-state index is 12.3. The number of aromatic carboxylic acids is 1. The molecule has 0 unspecified atom stereocenters. The quantitative estimate of drug-likeness (QED) is 0.627. The van der Waals surface area contributed by atoms with Gasteiger partial charge in [0.15, 0.2) is 11.5 Å². The number of esters is 1. The Labute approximate surface area is 123 Å². The summed E-state index contributed by atoms with van der Waals surface area (Å²) in [6.45, 7) is 0. The largest absolute Gasteiger partial charge is 0.573 e. The second-order valence-electron chi connectivity index (χ2n) is 4.90. The number of rotatable bonds is 4. The molecule has 1 aromatic carbocycles. The lowest BCUT2D eigenvalue weighted by Gasteiger charge is -2.16. The molecule has 1 fully saturated rings. The smallest absolute Gasteiger partial charge is 0.545 e. The van der Waals surface area contributed by atoms with Crippen LogP contribution in [-0.2, 0) is 4.79 Å². The van der Waals surface area contributed by atoms with E-state index in [9.17, 15) is 27.9 Å². The third-order valence-corrected chi connectivity index (χ3v) is 3.30. The van der Waals surface area contributed by atoms with Crippen molar-refractivity contribution in [3.63, 3.8) is 0 Å². The number of ether oxygens (including phenoxy) is 2. The van der Waals surface area contributed by atoms with E-state index < -0.39 is 41.3 Å². The summed E-state index contributed by atoms with van der Waals surface area (Å²) in [4.78, 5) is 22.7. The second kappa shape index (κ2) is 6.25. The molecule has 0 amide bonds. The standard InChI is InChI=1S/C14H13F3O5/c15-14(16,17)22-10-6-5-9(12(18)19)7-11(10)21-13(20)8-3-1-2-4-8/h5-8H,1-4H2,(H,18,19)/p-1. The number of carboxylic acid groups (broad SMARTS) is 1. The number of carbonyl (C=O) groups is 2. The summed E-state index contributed by atoms with van der Waals surface area (Å²) in [5, 5.41) is 10.8. The van der Waals surface area contributed by atoms with Gasteiger partial charge in [0.1, 0.15) is 0 Å². The van der Waals surface area contributed by atoms with Crippen LogP contribution in [0.3, 0.4) is 0 Å².